The molecule has 0 amide bonds. The van der Waals surface area contributed by atoms with Crippen molar-refractivity contribution in [3.8, 4) is 5.75 Å². The average molecular weight is 190 g/mol. The number of rotatable bonds is 2. The van der Waals surface area contributed by atoms with Crippen molar-refractivity contribution < 1.29 is 4.74 Å². The second kappa shape index (κ2) is 3.49. The van der Waals surface area contributed by atoms with E-state index in [2.05, 4.69) is 9.97 Å². The molecule has 0 aliphatic rings. The van der Waals surface area contributed by atoms with E-state index in [4.69, 9.17) is 4.74 Å². The van der Waals surface area contributed by atoms with E-state index in [9.17, 15) is 4.79 Å². The molecule has 2 aromatic rings. The summed E-state index contributed by atoms with van der Waals surface area (Å²) in [6.07, 6.45) is 1.39. The zero-order valence-electron chi connectivity index (χ0n) is 7.78. The number of nitrogens with zero attached hydrogens (tertiary/aromatic N) is 1. The van der Waals surface area contributed by atoms with E-state index in [1.807, 2.05) is 6.92 Å². The Morgan fingerprint density at radius 3 is 3.14 bits per heavy atom. The van der Waals surface area contributed by atoms with Gasteiger partial charge < -0.3 is 9.72 Å². The first-order chi connectivity index (χ1) is 6.81. The molecule has 0 saturated carbocycles. The topological polar surface area (TPSA) is 55.0 Å². The largest absolute Gasteiger partial charge is 0.494 e. The summed E-state index contributed by atoms with van der Waals surface area (Å²) in [5, 5.41) is 0.580. The second-order valence-corrected chi connectivity index (χ2v) is 2.84. The minimum Gasteiger partial charge on any atom is -0.494 e. The molecular weight excluding hydrogens is 180 g/mol. The third-order valence-electron chi connectivity index (χ3n) is 1.92. The van der Waals surface area contributed by atoms with E-state index in [-0.39, 0.29) is 5.56 Å². The Hall–Kier alpha value is -1.84. The third kappa shape index (κ3) is 1.46. The fourth-order valence-corrected chi connectivity index (χ4v) is 1.30. The average Bonchev–Trinajstić information content (AvgIpc) is 2.18. The molecule has 0 fully saturated rings. The van der Waals surface area contributed by atoms with Crippen molar-refractivity contribution in [3.63, 3.8) is 0 Å². The van der Waals surface area contributed by atoms with Crippen LogP contribution in [0.3, 0.4) is 0 Å². The predicted molar refractivity (Wildman–Crippen MR) is 53.5 cm³/mol. The van der Waals surface area contributed by atoms with E-state index in [1.165, 1.54) is 6.33 Å². The van der Waals surface area contributed by atoms with Crippen LogP contribution >= 0.6 is 0 Å². The minimum absolute atomic E-state index is 0.127. The highest BCUT2D eigenvalue weighted by atomic mass is 16.5. The predicted octanol–water partition coefficient (Wildman–Crippen LogP) is 1.32. The summed E-state index contributed by atoms with van der Waals surface area (Å²) in [4.78, 5) is 17.9. The number of H-pyrrole nitrogens is 1. The molecule has 14 heavy (non-hydrogen) atoms. The van der Waals surface area contributed by atoms with Crippen LogP contribution in [0.25, 0.3) is 10.9 Å². The molecule has 0 saturated heterocycles. The van der Waals surface area contributed by atoms with Gasteiger partial charge in [0.25, 0.3) is 5.56 Å². The van der Waals surface area contributed by atoms with Crippen molar-refractivity contribution in [2.24, 2.45) is 0 Å². The molecule has 0 aliphatic heterocycles. The molecule has 72 valence electrons. The number of aromatic amines is 1. The maximum atomic E-state index is 11.3. The van der Waals surface area contributed by atoms with Gasteiger partial charge in [-0.2, -0.15) is 0 Å². The van der Waals surface area contributed by atoms with E-state index in [1.54, 1.807) is 18.2 Å². The Kier molecular flexibility index (Phi) is 2.18. The van der Waals surface area contributed by atoms with E-state index in [0.717, 1.165) is 5.75 Å². The number of benzene rings is 1. The van der Waals surface area contributed by atoms with Crippen molar-refractivity contribution in [2.45, 2.75) is 6.92 Å². The number of hydrogen-bond donors (Lipinski definition) is 1. The highest BCUT2D eigenvalue weighted by molar-refractivity contribution is 5.78. The fourth-order valence-electron chi connectivity index (χ4n) is 1.30. The maximum absolute atomic E-state index is 11.3. The zero-order chi connectivity index (χ0) is 9.97. The van der Waals surface area contributed by atoms with E-state index < -0.39 is 0 Å². The van der Waals surface area contributed by atoms with Crippen molar-refractivity contribution in [2.75, 3.05) is 6.61 Å². The second-order valence-electron chi connectivity index (χ2n) is 2.84. The molecule has 4 nitrogen and oxygen atoms in total. The molecule has 0 radical (unpaired) electrons. The Morgan fingerprint density at radius 1 is 1.50 bits per heavy atom. The van der Waals surface area contributed by atoms with Gasteiger partial charge in [0, 0.05) is 6.07 Å². The van der Waals surface area contributed by atoms with Gasteiger partial charge in [-0.05, 0) is 19.1 Å². The molecule has 1 aromatic heterocycles. The first kappa shape index (κ1) is 8.74. The third-order valence-corrected chi connectivity index (χ3v) is 1.92. The summed E-state index contributed by atoms with van der Waals surface area (Å²) < 4.78 is 5.30. The first-order valence-electron chi connectivity index (χ1n) is 4.41. The lowest BCUT2D eigenvalue weighted by Gasteiger charge is -2.02. The fraction of sp³-hybridized carbons (Fsp3) is 0.200. The van der Waals surface area contributed by atoms with Crippen LogP contribution in [0.2, 0.25) is 0 Å². The van der Waals surface area contributed by atoms with Crippen LogP contribution in [-0.2, 0) is 0 Å². The molecule has 0 unspecified atom stereocenters. The maximum Gasteiger partial charge on any atom is 0.258 e. The van der Waals surface area contributed by atoms with Crippen molar-refractivity contribution in [1.29, 1.82) is 0 Å². The van der Waals surface area contributed by atoms with Gasteiger partial charge in [0.1, 0.15) is 5.75 Å². The molecular formula is C10H10N2O2. The zero-order valence-corrected chi connectivity index (χ0v) is 7.78. The van der Waals surface area contributed by atoms with Crippen molar-refractivity contribution >= 4 is 10.9 Å². The van der Waals surface area contributed by atoms with Gasteiger partial charge in [0.05, 0.1) is 23.8 Å². The monoisotopic (exact) mass is 190 g/mol. The van der Waals surface area contributed by atoms with Gasteiger partial charge in [-0.1, -0.05) is 0 Å². The highest BCUT2D eigenvalue weighted by Gasteiger charge is 2.00. The molecule has 0 bridgehead atoms. The lowest BCUT2D eigenvalue weighted by molar-refractivity contribution is 0.340. The number of nitrogens with one attached hydrogen (secondary N) is 1. The molecule has 0 spiro atoms. The first-order valence-corrected chi connectivity index (χ1v) is 4.41. The Morgan fingerprint density at radius 2 is 2.36 bits per heavy atom. The Labute approximate surface area is 80.6 Å². The summed E-state index contributed by atoms with van der Waals surface area (Å²) in [5.41, 5.74) is 0.526. The SMILES string of the molecule is CCOc1ccc2c(=O)[nH]cnc2c1. The lowest BCUT2D eigenvalue weighted by Crippen LogP contribution is -2.06. The molecule has 0 atom stereocenters. The minimum atomic E-state index is -0.127. The van der Waals surface area contributed by atoms with Gasteiger partial charge in [0.2, 0.25) is 0 Å². The van der Waals surface area contributed by atoms with Gasteiger partial charge in [-0.3, -0.25) is 4.79 Å². The molecule has 0 aliphatic carbocycles. The van der Waals surface area contributed by atoms with Crippen LogP contribution in [0.5, 0.6) is 5.75 Å². The molecule has 1 N–H and O–H groups in total. The van der Waals surface area contributed by atoms with Crippen LogP contribution in [0, 0.1) is 0 Å². The quantitative estimate of drug-likeness (QED) is 0.777. The van der Waals surface area contributed by atoms with Crippen LogP contribution in [0.4, 0.5) is 0 Å². The van der Waals surface area contributed by atoms with Gasteiger partial charge in [-0.15, -0.1) is 0 Å². The molecule has 2 rings (SSSR count). The van der Waals surface area contributed by atoms with Crippen LogP contribution < -0.4 is 10.3 Å². The Bertz CT molecular complexity index is 505. The number of fused-ring (bicyclic) bond motifs is 1. The van der Waals surface area contributed by atoms with Crippen LogP contribution in [-0.4, -0.2) is 16.6 Å². The summed E-state index contributed by atoms with van der Waals surface area (Å²) in [5.74, 6) is 0.734. The van der Waals surface area contributed by atoms with Gasteiger partial charge in [0.15, 0.2) is 0 Å². The molecule has 1 aromatic carbocycles. The van der Waals surface area contributed by atoms with Crippen LogP contribution in [0.1, 0.15) is 6.92 Å². The summed E-state index contributed by atoms with van der Waals surface area (Å²) in [6.45, 7) is 2.52. The van der Waals surface area contributed by atoms with Crippen LogP contribution in [0.15, 0.2) is 29.3 Å². The van der Waals surface area contributed by atoms with E-state index >= 15 is 0 Å². The van der Waals surface area contributed by atoms with Gasteiger partial charge in [-0.25, -0.2) is 4.98 Å². The normalized spacial score (nSPS) is 10.4. The molecule has 1 heterocycles. The highest BCUT2D eigenvalue weighted by Crippen LogP contribution is 2.15. The molecule has 4 heteroatoms. The van der Waals surface area contributed by atoms with E-state index in [0.29, 0.717) is 17.5 Å². The number of hydrogen-bond acceptors (Lipinski definition) is 3. The number of ether oxygens (including phenoxy) is 1. The van der Waals surface area contributed by atoms with Crippen molar-refractivity contribution in [3.05, 3.63) is 34.9 Å². The summed E-state index contributed by atoms with van der Waals surface area (Å²) >= 11 is 0. The van der Waals surface area contributed by atoms with Crippen molar-refractivity contribution in [1.82, 2.24) is 9.97 Å². The lowest BCUT2D eigenvalue weighted by atomic mass is 10.2. The summed E-state index contributed by atoms with van der Waals surface area (Å²) in [7, 11) is 0. The standard InChI is InChI=1S/C10H10N2O2/c1-2-14-7-3-4-8-9(5-7)11-6-12-10(8)13/h3-6H,2H2,1H3,(H,11,12,13). The smallest absolute Gasteiger partial charge is 0.258 e. The van der Waals surface area contributed by atoms with Gasteiger partial charge >= 0.3 is 0 Å². The summed E-state index contributed by atoms with van der Waals surface area (Å²) in [6, 6.07) is 5.24. The Balaban J connectivity index is 2.61. The number of aromatic nitrogens is 2.